The molecule has 0 aromatic heterocycles. The summed E-state index contributed by atoms with van der Waals surface area (Å²) in [6.45, 7) is 4.33. The SMILES string of the molecule is O=C1OC2(CCN(C3CCNCC3)CC2)c2ccccc21. The van der Waals surface area contributed by atoms with Gasteiger partial charge in [-0.1, -0.05) is 18.2 Å². The summed E-state index contributed by atoms with van der Waals surface area (Å²) in [4.78, 5) is 14.7. The first-order valence-corrected chi connectivity index (χ1v) is 8.06. The normalized spacial score (nSPS) is 25.8. The van der Waals surface area contributed by atoms with Crippen LogP contribution in [0.25, 0.3) is 0 Å². The number of benzene rings is 1. The molecule has 0 atom stereocenters. The first-order chi connectivity index (χ1) is 10.3. The minimum atomic E-state index is -0.350. The van der Waals surface area contributed by atoms with Crippen LogP contribution in [0.15, 0.2) is 24.3 Å². The number of likely N-dealkylation sites (tertiary alicyclic amines) is 1. The van der Waals surface area contributed by atoms with E-state index in [9.17, 15) is 4.79 Å². The molecule has 4 nitrogen and oxygen atoms in total. The molecule has 0 unspecified atom stereocenters. The van der Waals surface area contributed by atoms with E-state index in [-0.39, 0.29) is 11.6 Å². The van der Waals surface area contributed by atoms with Crippen molar-refractivity contribution in [2.45, 2.75) is 37.3 Å². The Morgan fingerprint density at radius 2 is 1.86 bits per heavy atom. The molecule has 3 heterocycles. The summed E-state index contributed by atoms with van der Waals surface area (Å²) in [5.74, 6) is -0.138. The van der Waals surface area contributed by atoms with E-state index in [4.69, 9.17) is 4.74 Å². The molecule has 3 aliphatic rings. The second kappa shape index (κ2) is 5.11. The van der Waals surface area contributed by atoms with Gasteiger partial charge in [0.1, 0.15) is 5.60 Å². The minimum absolute atomic E-state index is 0.138. The fraction of sp³-hybridized carbons (Fsp3) is 0.588. The molecule has 0 bridgehead atoms. The van der Waals surface area contributed by atoms with Crippen molar-refractivity contribution >= 4 is 5.97 Å². The summed E-state index contributed by atoms with van der Waals surface area (Å²) in [5, 5.41) is 3.43. The molecule has 1 aromatic rings. The summed E-state index contributed by atoms with van der Waals surface area (Å²) >= 11 is 0. The molecule has 3 aliphatic heterocycles. The Morgan fingerprint density at radius 3 is 2.62 bits per heavy atom. The van der Waals surface area contributed by atoms with Gasteiger partial charge in [0.05, 0.1) is 5.56 Å². The quantitative estimate of drug-likeness (QED) is 0.801. The second-order valence-electron chi connectivity index (χ2n) is 6.45. The Hall–Kier alpha value is -1.39. The molecular formula is C17H22N2O2. The van der Waals surface area contributed by atoms with Crippen LogP contribution >= 0.6 is 0 Å². The number of fused-ring (bicyclic) bond motifs is 2. The summed E-state index contributed by atoms with van der Waals surface area (Å²) in [6, 6.07) is 8.60. The molecule has 0 radical (unpaired) electrons. The number of ether oxygens (including phenoxy) is 1. The molecule has 1 aromatic carbocycles. The predicted molar refractivity (Wildman–Crippen MR) is 80.2 cm³/mol. The molecule has 0 saturated carbocycles. The highest BCUT2D eigenvalue weighted by Crippen LogP contribution is 2.44. The van der Waals surface area contributed by atoms with Gasteiger partial charge in [-0.05, 0) is 32.0 Å². The van der Waals surface area contributed by atoms with Gasteiger partial charge in [0.25, 0.3) is 0 Å². The van der Waals surface area contributed by atoms with E-state index in [0.717, 1.165) is 50.1 Å². The molecular weight excluding hydrogens is 264 g/mol. The molecule has 2 fully saturated rings. The number of hydrogen-bond acceptors (Lipinski definition) is 4. The van der Waals surface area contributed by atoms with Crippen LogP contribution in [0.4, 0.5) is 0 Å². The van der Waals surface area contributed by atoms with Crippen LogP contribution in [0.3, 0.4) is 0 Å². The van der Waals surface area contributed by atoms with Gasteiger partial charge in [-0.3, -0.25) is 4.90 Å². The molecule has 112 valence electrons. The first-order valence-electron chi connectivity index (χ1n) is 8.06. The average Bonchev–Trinajstić information content (AvgIpc) is 2.82. The molecule has 0 aliphatic carbocycles. The van der Waals surface area contributed by atoms with Gasteiger partial charge in [0.2, 0.25) is 0 Å². The summed E-state index contributed by atoms with van der Waals surface area (Å²) in [6.07, 6.45) is 4.34. The van der Waals surface area contributed by atoms with Crippen molar-refractivity contribution in [2.75, 3.05) is 26.2 Å². The van der Waals surface area contributed by atoms with Gasteiger partial charge in [0.15, 0.2) is 0 Å². The van der Waals surface area contributed by atoms with Crippen LogP contribution in [0.5, 0.6) is 0 Å². The van der Waals surface area contributed by atoms with Crippen LogP contribution in [0.1, 0.15) is 41.6 Å². The molecule has 21 heavy (non-hydrogen) atoms. The van der Waals surface area contributed by atoms with E-state index in [1.54, 1.807) is 0 Å². The highest BCUT2D eigenvalue weighted by molar-refractivity contribution is 5.94. The third kappa shape index (κ3) is 2.17. The molecule has 4 rings (SSSR count). The van der Waals surface area contributed by atoms with E-state index in [2.05, 4.69) is 16.3 Å². The third-order valence-corrected chi connectivity index (χ3v) is 5.36. The zero-order chi connectivity index (χ0) is 14.3. The Labute approximate surface area is 125 Å². The Morgan fingerprint density at radius 1 is 1.14 bits per heavy atom. The Bertz CT molecular complexity index is 543. The van der Waals surface area contributed by atoms with Gasteiger partial charge in [0, 0.05) is 37.5 Å². The maximum Gasteiger partial charge on any atom is 0.339 e. The predicted octanol–water partition coefficient (Wildman–Crippen LogP) is 1.90. The smallest absolute Gasteiger partial charge is 0.339 e. The summed E-state index contributed by atoms with van der Waals surface area (Å²) in [5.41, 5.74) is 1.53. The number of esters is 1. The summed E-state index contributed by atoms with van der Waals surface area (Å²) < 4.78 is 5.82. The highest BCUT2D eigenvalue weighted by Gasteiger charge is 2.47. The van der Waals surface area contributed by atoms with Crippen LogP contribution in [0.2, 0.25) is 0 Å². The van der Waals surface area contributed by atoms with E-state index in [1.165, 1.54) is 12.8 Å². The van der Waals surface area contributed by atoms with E-state index in [0.29, 0.717) is 6.04 Å². The fourth-order valence-electron chi connectivity index (χ4n) is 4.14. The summed E-state index contributed by atoms with van der Waals surface area (Å²) in [7, 11) is 0. The largest absolute Gasteiger partial charge is 0.450 e. The van der Waals surface area contributed by atoms with Crippen molar-refractivity contribution < 1.29 is 9.53 Å². The number of rotatable bonds is 1. The highest BCUT2D eigenvalue weighted by atomic mass is 16.6. The van der Waals surface area contributed by atoms with Crippen LogP contribution in [0, 0.1) is 0 Å². The van der Waals surface area contributed by atoms with Crippen molar-refractivity contribution in [3.05, 3.63) is 35.4 Å². The van der Waals surface area contributed by atoms with Crippen LogP contribution < -0.4 is 5.32 Å². The number of nitrogens with one attached hydrogen (secondary N) is 1. The second-order valence-corrected chi connectivity index (χ2v) is 6.45. The minimum Gasteiger partial charge on any atom is -0.450 e. The van der Waals surface area contributed by atoms with Gasteiger partial charge in [-0.15, -0.1) is 0 Å². The van der Waals surface area contributed by atoms with Crippen molar-refractivity contribution in [3.8, 4) is 0 Å². The maximum atomic E-state index is 12.1. The number of piperidine rings is 2. The van der Waals surface area contributed by atoms with Gasteiger partial charge < -0.3 is 10.1 Å². The van der Waals surface area contributed by atoms with Crippen molar-refractivity contribution in [1.82, 2.24) is 10.2 Å². The molecule has 1 N–H and O–H groups in total. The zero-order valence-corrected chi connectivity index (χ0v) is 12.3. The monoisotopic (exact) mass is 286 g/mol. The average molecular weight is 286 g/mol. The molecule has 4 heteroatoms. The van der Waals surface area contributed by atoms with Crippen molar-refractivity contribution in [1.29, 1.82) is 0 Å². The standard InChI is InChI=1S/C17H22N2O2/c20-16-14-3-1-2-4-15(14)17(21-16)7-11-19(12-8-17)13-5-9-18-10-6-13/h1-4,13,18H,5-12H2. The van der Waals surface area contributed by atoms with E-state index >= 15 is 0 Å². The van der Waals surface area contributed by atoms with Crippen molar-refractivity contribution in [3.63, 3.8) is 0 Å². The van der Waals surface area contributed by atoms with Gasteiger partial charge in [-0.2, -0.15) is 0 Å². The number of carbonyl (C=O) groups is 1. The van der Waals surface area contributed by atoms with Gasteiger partial charge in [-0.25, -0.2) is 4.79 Å². The molecule has 0 amide bonds. The number of hydrogen-bond donors (Lipinski definition) is 1. The maximum absolute atomic E-state index is 12.1. The van der Waals surface area contributed by atoms with Crippen LogP contribution in [-0.4, -0.2) is 43.1 Å². The topological polar surface area (TPSA) is 41.6 Å². The van der Waals surface area contributed by atoms with Crippen LogP contribution in [-0.2, 0) is 10.3 Å². The lowest BCUT2D eigenvalue weighted by Crippen LogP contribution is -2.50. The lowest BCUT2D eigenvalue weighted by Gasteiger charge is -2.43. The lowest BCUT2D eigenvalue weighted by molar-refractivity contribution is -0.0509. The van der Waals surface area contributed by atoms with E-state index in [1.807, 2.05) is 18.2 Å². The van der Waals surface area contributed by atoms with Crippen molar-refractivity contribution in [2.24, 2.45) is 0 Å². The number of carbonyl (C=O) groups excluding carboxylic acids is 1. The number of nitrogens with zero attached hydrogens (tertiary/aromatic N) is 1. The molecule has 2 saturated heterocycles. The Balaban J connectivity index is 1.51. The zero-order valence-electron chi connectivity index (χ0n) is 12.3. The first kappa shape index (κ1) is 13.3. The van der Waals surface area contributed by atoms with E-state index < -0.39 is 0 Å². The Kier molecular flexibility index (Phi) is 3.23. The molecule has 1 spiro atoms. The fourth-order valence-corrected chi connectivity index (χ4v) is 4.14. The third-order valence-electron chi connectivity index (χ3n) is 5.36. The lowest BCUT2D eigenvalue weighted by atomic mass is 9.83. The van der Waals surface area contributed by atoms with Gasteiger partial charge >= 0.3 is 5.97 Å².